The lowest BCUT2D eigenvalue weighted by Gasteiger charge is -2.22. The molecule has 4 heterocycles. The fourth-order valence-electron chi connectivity index (χ4n) is 5.85. The molecule has 5 rings (SSSR count). The first-order valence-electron chi connectivity index (χ1n) is 14.4. The number of hydrazine groups is 1. The van der Waals surface area contributed by atoms with Gasteiger partial charge in [-0.05, 0) is 73.5 Å². The number of carbonyl (C=O) groups is 1. The quantitative estimate of drug-likeness (QED) is 0.156. The second kappa shape index (κ2) is 12.7. The molecule has 0 radical (unpaired) electrons. The molecule has 1 amide bonds. The van der Waals surface area contributed by atoms with Gasteiger partial charge in [0.1, 0.15) is 17.2 Å². The van der Waals surface area contributed by atoms with E-state index in [1.165, 1.54) is 5.01 Å². The lowest BCUT2D eigenvalue weighted by Crippen LogP contribution is -2.38. The topological polar surface area (TPSA) is 108 Å². The van der Waals surface area contributed by atoms with E-state index in [4.69, 9.17) is 16.3 Å². The predicted molar refractivity (Wildman–Crippen MR) is 159 cm³/mol. The highest BCUT2D eigenvalue weighted by Crippen LogP contribution is 2.59. The molecule has 2 aromatic rings. The first-order chi connectivity index (χ1) is 20.4. The Morgan fingerprint density at radius 1 is 1.37 bits per heavy atom. The number of hydrogen-bond acceptors (Lipinski definition) is 8. The molecule has 1 saturated heterocycles. The fourth-order valence-corrected chi connectivity index (χ4v) is 6.68. The van der Waals surface area contributed by atoms with Crippen LogP contribution < -0.4 is 15.2 Å². The van der Waals surface area contributed by atoms with E-state index in [0.717, 1.165) is 49.0 Å². The third kappa shape index (κ3) is 7.50. The highest BCUT2D eigenvalue weighted by Gasteiger charge is 2.62. The maximum Gasteiger partial charge on any atom is 0.394 e. The van der Waals surface area contributed by atoms with Gasteiger partial charge >= 0.3 is 6.18 Å². The van der Waals surface area contributed by atoms with E-state index in [-0.39, 0.29) is 48.6 Å². The van der Waals surface area contributed by atoms with Crippen molar-refractivity contribution in [1.82, 2.24) is 24.9 Å². The Kier molecular flexibility index (Phi) is 9.37. The van der Waals surface area contributed by atoms with Crippen LogP contribution in [0.4, 0.5) is 19.0 Å². The minimum atomic E-state index is -4.20. The summed E-state index contributed by atoms with van der Waals surface area (Å²) in [5, 5.41) is 15.4. The highest BCUT2D eigenvalue weighted by atomic mass is 35.5. The summed E-state index contributed by atoms with van der Waals surface area (Å²) in [4.78, 5) is 17.8. The number of hydrogen-bond donors (Lipinski definition) is 2. The van der Waals surface area contributed by atoms with Gasteiger partial charge in [0.05, 0.1) is 22.1 Å². The molecule has 230 valence electrons. The zero-order valence-corrected chi connectivity index (χ0v) is 25.6. The second-order valence-electron chi connectivity index (χ2n) is 12.3. The average Bonchev–Trinajstić information content (AvgIpc) is 3.26. The Bertz CT molecular complexity index is 1400. The van der Waals surface area contributed by atoms with Crippen LogP contribution in [0, 0.1) is 22.6 Å². The average molecular weight is 636 g/mol. The van der Waals surface area contributed by atoms with Crippen LogP contribution in [0.5, 0.6) is 0 Å². The molecule has 9 nitrogen and oxygen atoms in total. The molecule has 2 atom stereocenters. The molecule has 2 N–H and O–H groups in total. The molecule has 2 unspecified atom stereocenters. The maximum absolute atomic E-state index is 13.1. The van der Waals surface area contributed by atoms with Crippen LogP contribution in [-0.4, -0.2) is 46.4 Å². The minimum Gasteiger partial charge on any atom is -0.358 e. The van der Waals surface area contributed by atoms with Crippen molar-refractivity contribution in [3.63, 3.8) is 0 Å². The Labute approximate surface area is 258 Å². The number of halogens is 4. The molecule has 3 aliphatic rings. The number of amides is 1. The summed E-state index contributed by atoms with van der Waals surface area (Å²) < 4.78 is 49.5. The van der Waals surface area contributed by atoms with E-state index < -0.39 is 23.7 Å². The van der Waals surface area contributed by atoms with Crippen LogP contribution in [0.15, 0.2) is 41.7 Å². The van der Waals surface area contributed by atoms with Gasteiger partial charge in [-0.2, -0.15) is 23.7 Å². The SMILES string of the molecule is CC1(C)CC(CCCn2cc(SNC(=O)c3ccc(N4C=CC(OCCC5(C(F)(F)F)CC5)N4)nc3Cl)cn2)CB1C#N. The number of nitrogens with zero attached hydrogens (tertiary/aromatic N) is 5. The van der Waals surface area contributed by atoms with Crippen molar-refractivity contribution < 1.29 is 22.7 Å². The maximum atomic E-state index is 13.1. The van der Waals surface area contributed by atoms with E-state index in [1.54, 1.807) is 30.6 Å². The van der Waals surface area contributed by atoms with Gasteiger partial charge in [-0.15, -0.1) is 0 Å². The zero-order chi connectivity index (χ0) is 30.8. The summed E-state index contributed by atoms with van der Waals surface area (Å²) in [6.07, 6.45) is 6.36. The number of aryl methyl sites for hydroxylation is 1. The van der Waals surface area contributed by atoms with Crippen LogP contribution in [0.2, 0.25) is 16.8 Å². The molecule has 1 aliphatic carbocycles. The lowest BCUT2D eigenvalue weighted by atomic mass is 9.37. The zero-order valence-electron chi connectivity index (χ0n) is 24.0. The summed E-state index contributed by atoms with van der Waals surface area (Å²) in [6, 6.07) is 3.16. The Balaban J connectivity index is 1.04. The van der Waals surface area contributed by atoms with Gasteiger partial charge in [-0.3, -0.25) is 19.2 Å². The number of pyridine rings is 1. The summed E-state index contributed by atoms with van der Waals surface area (Å²) >= 11 is 7.46. The summed E-state index contributed by atoms with van der Waals surface area (Å²) in [6.45, 7) is 5.21. The normalized spacial score (nSPS) is 22.2. The van der Waals surface area contributed by atoms with Crippen LogP contribution in [0.25, 0.3) is 0 Å². The summed E-state index contributed by atoms with van der Waals surface area (Å²) in [5.74, 6) is 3.01. The summed E-state index contributed by atoms with van der Waals surface area (Å²) in [5.41, 5.74) is 1.58. The van der Waals surface area contributed by atoms with Gasteiger partial charge in [0.25, 0.3) is 12.6 Å². The van der Waals surface area contributed by atoms with Crippen LogP contribution in [0.3, 0.4) is 0 Å². The molecular formula is C28H34BClF3N7O2S. The number of ether oxygens (including phenoxy) is 1. The van der Waals surface area contributed by atoms with Gasteiger partial charge in [-0.1, -0.05) is 38.2 Å². The molecule has 15 heteroatoms. The third-order valence-electron chi connectivity index (χ3n) is 8.69. The molecule has 2 fully saturated rings. The van der Waals surface area contributed by atoms with Gasteiger partial charge in [-0.25, -0.2) is 10.2 Å². The van der Waals surface area contributed by atoms with Crippen molar-refractivity contribution >= 4 is 42.0 Å². The van der Waals surface area contributed by atoms with Crippen LogP contribution >= 0.6 is 23.5 Å². The highest BCUT2D eigenvalue weighted by molar-refractivity contribution is 7.98. The Morgan fingerprint density at radius 3 is 2.84 bits per heavy atom. The largest absolute Gasteiger partial charge is 0.394 e. The van der Waals surface area contributed by atoms with Gasteiger partial charge in [0, 0.05) is 31.5 Å². The van der Waals surface area contributed by atoms with Crippen molar-refractivity contribution in [1.29, 1.82) is 5.26 Å². The van der Waals surface area contributed by atoms with Gasteiger partial charge in [0.2, 0.25) is 0 Å². The third-order valence-corrected chi connectivity index (χ3v) is 9.71. The van der Waals surface area contributed by atoms with E-state index >= 15 is 0 Å². The van der Waals surface area contributed by atoms with E-state index in [1.807, 2.05) is 10.9 Å². The first kappa shape index (κ1) is 31.7. The molecule has 0 spiro atoms. The number of rotatable bonds is 12. The molecule has 2 aliphatic heterocycles. The number of carbonyl (C=O) groups excluding carboxylic acids is 1. The number of alkyl halides is 3. The lowest BCUT2D eigenvalue weighted by molar-refractivity contribution is -0.192. The Morgan fingerprint density at radius 2 is 2.16 bits per heavy atom. The molecule has 2 aromatic heterocycles. The van der Waals surface area contributed by atoms with Crippen LogP contribution in [0.1, 0.15) is 62.7 Å². The van der Waals surface area contributed by atoms with E-state index in [2.05, 4.69) is 40.0 Å². The van der Waals surface area contributed by atoms with Crippen molar-refractivity contribution in [3.8, 4) is 5.97 Å². The predicted octanol–water partition coefficient (Wildman–Crippen LogP) is 6.42. The van der Waals surface area contributed by atoms with Crippen molar-refractivity contribution in [2.45, 2.75) is 87.9 Å². The fraction of sp³-hybridized carbons (Fsp3) is 0.571. The number of nitriles is 1. The van der Waals surface area contributed by atoms with E-state index in [9.17, 15) is 23.2 Å². The first-order valence-corrected chi connectivity index (χ1v) is 15.6. The van der Waals surface area contributed by atoms with Crippen molar-refractivity contribution in [2.75, 3.05) is 11.6 Å². The van der Waals surface area contributed by atoms with Crippen molar-refractivity contribution in [3.05, 3.63) is 47.5 Å². The van der Waals surface area contributed by atoms with Crippen LogP contribution in [-0.2, 0) is 11.3 Å². The minimum absolute atomic E-state index is 0.000410. The molecule has 1 saturated carbocycles. The standard InChI is InChI=1S/C28H34BClF3N7O2S/c1-26(2)14-19(15-29(26)18-34)4-3-11-39-17-20(16-35-39)43-38-25(41)21-5-6-22(36-24(21)30)40-12-7-23(37-40)42-13-10-27(8-9-27)28(31,32)33/h5-7,12,16-17,19,23,37H,3-4,8-11,13-15H2,1-2H3,(H,38,41). The number of anilines is 1. The number of nitrogens with one attached hydrogen (secondary N) is 2. The second-order valence-corrected chi connectivity index (χ2v) is 13.5. The number of aromatic nitrogens is 3. The molecular weight excluding hydrogens is 602 g/mol. The van der Waals surface area contributed by atoms with Crippen molar-refractivity contribution in [2.24, 2.45) is 11.3 Å². The summed E-state index contributed by atoms with van der Waals surface area (Å²) in [7, 11) is 0. The molecule has 0 aromatic carbocycles. The van der Waals surface area contributed by atoms with E-state index in [0.29, 0.717) is 11.7 Å². The van der Waals surface area contributed by atoms with Gasteiger partial charge in [0.15, 0.2) is 0 Å². The van der Waals surface area contributed by atoms with Gasteiger partial charge < -0.3 is 4.74 Å². The monoisotopic (exact) mass is 635 g/mol. The smallest absolute Gasteiger partial charge is 0.358 e. The Hall–Kier alpha value is -2.73. The molecule has 0 bridgehead atoms. The molecule has 43 heavy (non-hydrogen) atoms.